The summed E-state index contributed by atoms with van der Waals surface area (Å²) in [6.07, 6.45) is 0. The summed E-state index contributed by atoms with van der Waals surface area (Å²) in [6.45, 7) is -1.39. The van der Waals surface area contributed by atoms with Crippen molar-refractivity contribution in [2.45, 2.75) is 19.6 Å². The number of nitrogens with zero attached hydrogens (tertiary/aromatic N) is 6. The Bertz CT molecular complexity index is 3110. The molecule has 0 spiro atoms. The van der Waals surface area contributed by atoms with E-state index in [-0.39, 0.29) is 167 Å². The molecule has 0 atom stereocenters. The van der Waals surface area contributed by atoms with Gasteiger partial charge in [-0.1, -0.05) is 18.2 Å². The fourth-order valence-electron chi connectivity index (χ4n) is 5.16. The second kappa shape index (κ2) is 29.5. The molecular formula is C32H24N6Na4O21S6. The molecule has 0 aliphatic rings. The molecule has 0 radical (unpaired) electrons. The van der Waals surface area contributed by atoms with Crippen LogP contribution >= 0.6 is 24.4 Å². The Labute approximate surface area is 488 Å². The number of hydrogen-bond acceptors (Lipinski definition) is 29. The Kier molecular flexibility index (Phi) is 28.1. The van der Waals surface area contributed by atoms with Crippen molar-refractivity contribution < 1.29 is 214 Å². The van der Waals surface area contributed by atoms with Gasteiger partial charge in [-0.3, -0.25) is 18.4 Å². The van der Waals surface area contributed by atoms with Crippen LogP contribution in [0, 0.1) is 0 Å². The first-order chi connectivity index (χ1) is 30.7. The third kappa shape index (κ3) is 18.5. The fourth-order valence-corrected chi connectivity index (χ4v) is 9.37. The number of fused-ring (bicyclic) bond motifs is 1. The monoisotopic (exact) mass is 1110 g/mol. The number of benzene rings is 5. The van der Waals surface area contributed by atoms with Crippen molar-refractivity contribution in [3.63, 3.8) is 0 Å². The van der Waals surface area contributed by atoms with Crippen molar-refractivity contribution in [2.75, 3.05) is 24.7 Å². The zero-order chi connectivity index (χ0) is 47.6. The molecule has 5 rings (SSSR count). The van der Waals surface area contributed by atoms with Gasteiger partial charge in [0.25, 0.3) is 0 Å². The van der Waals surface area contributed by atoms with E-state index in [2.05, 4.69) is 53.6 Å². The summed E-state index contributed by atoms with van der Waals surface area (Å²) in [7, 11) is -18.7. The molecule has 0 aliphatic carbocycles. The molecule has 0 aliphatic heterocycles. The van der Waals surface area contributed by atoms with Crippen LogP contribution in [0.1, 0.15) is 0 Å². The van der Waals surface area contributed by atoms with Gasteiger partial charge in [0, 0.05) is 10.3 Å². The Balaban J connectivity index is 0.00000595. The minimum absolute atomic E-state index is 0. The van der Waals surface area contributed by atoms with Crippen LogP contribution in [0.4, 0.5) is 34.1 Å². The minimum Gasteiger partial charge on any atom is -0.744 e. The van der Waals surface area contributed by atoms with Crippen molar-refractivity contribution in [1.82, 2.24) is 0 Å². The van der Waals surface area contributed by atoms with Crippen molar-refractivity contribution in [3.05, 3.63) is 78.9 Å². The quantitative estimate of drug-likeness (QED) is 0.00847. The molecule has 348 valence electrons. The summed E-state index contributed by atoms with van der Waals surface area (Å²) >= 11 is 0.497. The van der Waals surface area contributed by atoms with E-state index in [1.54, 1.807) is 0 Å². The molecular weight excluding hydrogens is 1090 g/mol. The Hall–Kier alpha value is -1.34. The van der Waals surface area contributed by atoms with Crippen LogP contribution in [-0.4, -0.2) is 82.8 Å². The third-order valence-corrected chi connectivity index (χ3v) is 13.8. The van der Waals surface area contributed by atoms with Gasteiger partial charge in [-0.2, -0.15) is 14.6 Å². The average Bonchev–Trinajstić information content (AvgIpc) is 3.24. The molecule has 0 unspecified atom stereocenters. The van der Waals surface area contributed by atoms with Crippen molar-refractivity contribution in [2.24, 2.45) is 30.7 Å². The van der Waals surface area contributed by atoms with Crippen LogP contribution in [-0.2, 0) is 67.3 Å². The maximum Gasteiger partial charge on any atom is 1.00 e. The number of hydrogen-bond donors (Lipinski definition) is 3. The second-order valence-corrected chi connectivity index (χ2v) is 19.8. The molecule has 5 aromatic rings. The van der Waals surface area contributed by atoms with E-state index in [9.17, 15) is 68.6 Å². The first kappa shape index (κ1) is 65.7. The number of phenols is 3. The van der Waals surface area contributed by atoms with Gasteiger partial charge in [0.1, 0.15) is 15.8 Å². The van der Waals surface area contributed by atoms with Crippen LogP contribution in [0.5, 0.6) is 17.2 Å². The average molecular weight is 1110 g/mol. The molecule has 0 aromatic heterocycles. The zero-order valence-electron chi connectivity index (χ0n) is 35.7. The summed E-state index contributed by atoms with van der Waals surface area (Å²) < 4.78 is 137. The predicted molar refractivity (Wildman–Crippen MR) is 212 cm³/mol. The molecule has 0 bridgehead atoms. The van der Waals surface area contributed by atoms with E-state index in [1.165, 1.54) is 24.3 Å². The summed E-state index contributed by atoms with van der Waals surface area (Å²) in [5.74, 6) is -4.92. The fraction of sp³-hybridized carbons (Fsp3) is 0.125. The predicted octanol–water partition coefficient (Wildman–Crippen LogP) is -7.82. The van der Waals surface area contributed by atoms with Gasteiger partial charge in [-0.15, -0.1) is 24.8 Å². The van der Waals surface area contributed by atoms with Gasteiger partial charge in [0.05, 0.1) is 62.8 Å². The smallest absolute Gasteiger partial charge is 0.744 e. The Morgan fingerprint density at radius 1 is 0.536 bits per heavy atom. The molecule has 37 heteroatoms. The molecule has 0 saturated carbocycles. The number of rotatable bonds is 22. The molecule has 27 nitrogen and oxygen atoms in total. The van der Waals surface area contributed by atoms with E-state index in [0.717, 1.165) is 54.6 Å². The molecule has 0 heterocycles. The van der Waals surface area contributed by atoms with Crippen molar-refractivity contribution >= 4 is 109 Å². The largest absolute Gasteiger partial charge is 1.00 e. The molecule has 5 aromatic carbocycles. The van der Waals surface area contributed by atoms with Gasteiger partial charge in [-0.05, 0) is 66.0 Å². The topological polar surface area (TPSA) is 419 Å². The van der Waals surface area contributed by atoms with Gasteiger partial charge in [-0.25, -0.2) is 33.7 Å². The number of phenolic OH excluding ortho intramolecular Hbond substituents is 3. The first-order valence-corrected chi connectivity index (χ1v) is 24.3. The summed E-state index contributed by atoms with van der Waals surface area (Å²) in [5.41, 5.74) is -3.62. The molecule has 3 N–H and O–H groups in total. The minimum atomic E-state index is -5.39. The Morgan fingerprint density at radius 2 is 1.00 bits per heavy atom. The summed E-state index contributed by atoms with van der Waals surface area (Å²) in [6, 6.07) is 14.9. The van der Waals surface area contributed by atoms with E-state index in [1.807, 2.05) is 0 Å². The van der Waals surface area contributed by atoms with Gasteiger partial charge >= 0.3 is 118 Å². The van der Waals surface area contributed by atoms with Gasteiger partial charge in [0.2, 0.25) is 10.4 Å². The summed E-state index contributed by atoms with van der Waals surface area (Å²) in [4.78, 5) is -1.40. The number of azo groups is 3. The third-order valence-electron chi connectivity index (χ3n) is 8.00. The van der Waals surface area contributed by atoms with Crippen LogP contribution < -0.4 is 129 Å². The van der Waals surface area contributed by atoms with Crippen LogP contribution in [0.15, 0.2) is 129 Å². The Morgan fingerprint density at radius 3 is 1.45 bits per heavy atom. The van der Waals surface area contributed by atoms with Crippen molar-refractivity contribution in [3.8, 4) is 17.2 Å². The first-order valence-electron chi connectivity index (χ1n) is 16.9. The second-order valence-electron chi connectivity index (χ2n) is 12.0. The molecule has 0 saturated heterocycles. The van der Waals surface area contributed by atoms with Crippen LogP contribution in [0.2, 0.25) is 0 Å². The van der Waals surface area contributed by atoms with Gasteiger partial charge < -0.3 is 34.9 Å². The standard InChI is InChI=1S/C32H28N6O21S6.4Na/c39-29-26(36-33-18-4-8-20(9-5-18)62(44,45)16-14-54-61-59-57-43)30(40)28(38-35-24-13-12-22-23(32(24)64(48,49)50)2-1-3-25(22)60-58-56-42)31(41)27(29)37-34-19-6-10-21(11-7-19)63(46,47)17-15-55-65(51,52)53;;;;/h1-13,39-43H,14-17H2,(H,48,49,50)(H,51,52,53);;;;/q;4*+1/p-4. The number of sulfone groups is 2. The molecule has 69 heavy (non-hydrogen) atoms. The number of aromatic hydroxyl groups is 3. The normalized spacial score (nSPS) is 12.2. The maximum atomic E-state index is 12.7. The van der Waals surface area contributed by atoms with E-state index in [4.69, 9.17) is 4.18 Å². The van der Waals surface area contributed by atoms with E-state index < -0.39 is 110 Å². The van der Waals surface area contributed by atoms with E-state index in [0.29, 0.717) is 12.0 Å². The SMILES string of the molecule is O=S(=O)([O-])OCCS(=O)(=O)c1ccc(N=Nc2c(O)c(N=Nc3ccc(S(=O)(=O)CCOSOO[O-])cc3)c(O)c(N=Nc3ccc4c(SOO[O-])cccc4c3S(=O)(=O)[O-])c2O)cc1.[Na+].[Na+].[Na+].[Na+]. The zero-order valence-corrected chi connectivity index (χ0v) is 48.6. The maximum absolute atomic E-state index is 12.7. The van der Waals surface area contributed by atoms with E-state index >= 15 is 0 Å². The van der Waals surface area contributed by atoms with Crippen LogP contribution in [0.3, 0.4) is 0 Å². The molecule has 0 amide bonds. The summed E-state index contributed by atoms with van der Waals surface area (Å²) in [5, 5.41) is 82.9. The molecule has 0 fully saturated rings. The van der Waals surface area contributed by atoms with Gasteiger partial charge in [0.15, 0.2) is 66.3 Å². The van der Waals surface area contributed by atoms with Crippen LogP contribution in [0.25, 0.3) is 10.8 Å². The van der Waals surface area contributed by atoms with Crippen molar-refractivity contribution in [1.29, 1.82) is 0 Å².